The summed E-state index contributed by atoms with van der Waals surface area (Å²) in [4.78, 5) is 10.8. The van der Waals surface area contributed by atoms with E-state index in [-0.39, 0.29) is 11.2 Å². The topological polar surface area (TPSA) is 17.1 Å². The van der Waals surface area contributed by atoms with Gasteiger partial charge in [-0.15, -0.1) is 0 Å². The van der Waals surface area contributed by atoms with Crippen molar-refractivity contribution in [1.29, 1.82) is 0 Å². The van der Waals surface area contributed by atoms with Crippen LogP contribution in [0, 0.1) is 12.8 Å². The molecule has 0 spiro atoms. The average Bonchev–Trinajstić information content (AvgIpc) is 2.08. The summed E-state index contributed by atoms with van der Waals surface area (Å²) in [5.74, 6) is -0.0947. The standard InChI is InChI=1S/C11H13ClO/c1-8-5-3-4-6-10(8)7-9(2)11(12)13/h3-6,9H,7H2,1-2H3. The van der Waals surface area contributed by atoms with Crippen molar-refractivity contribution in [2.24, 2.45) is 5.92 Å². The molecule has 1 atom stereocenters. The van der Waals surface area contributed by atoms with Gasteiger partial charge >= 0.3 is 0 Å². The monoisotopic (exact) mass is 196 g/mol. The maximum Gasteiger partial charge on any atom is 0.224 e. The highest BCUT2D eigenvalue weighted by Gasteiger charge is 2.11. The fourth-order valence-electron chi connectivity index (χ4n) is 1.25. The lowest BCUT2D eigenvalue weighted by Gasteiger charge is -2.08. The molecule has 1 rings (SSSR count). The molecule has 1 nitrogen and oxygen atoms in total. The lowest BCUT2D eigenvalue weighted by Crippen LogP contribution is -2.08. The molecule has 0 saturated heterocycles. The van der Waals surface area contributed by atoms with Gasteiger partial charge < -0.3 is 0 Å². The van der Waals surface area contributed by atoms with E-state index in [1.807, 2.05) is 38.1 Å². The van der Waals surface area contributed by atoms with Crippen LogP contribution in [0.25, 0.3) is 0 Å². The number of hydrogen-bond acceptors (Lipinski definition) is 1. The van der Waals surface area contributed by atoms with Crippen LogP contribution in [0.3, 0.4) is 0 Å². The second kappa shape index (κ2) is 4.43. The van der Waals surface area contributed by atoms with Crippen LogP contribution in [0.2, 0.25) is 0 Å². The molecule has 0 saturated carbocycles. The summed E-state index contributed by atoms with van der Waals surface area (Å²) < 4.78 is 0. The molecule has 2 heteroatoms. The molecule has 0 N–H and O–H groups in total. The normalized spacial score (nSPS) is 12.5. The van der Waals surface area contributed by atoms with Crippen LogP contribution >= 0.6 is 11.6 Å². The van der Waals surface area contributed by atoms with Gasteiger partial charge in [-0.25, -0.2) is 0 Å². The van der Waals surface area contributed by atoms with Gasteiger partial charge in [0.25, 0.3) is 0 Å². The number of halogens is 1. The van der Waals surface area contributed by atoms with Gasteiger partial charge in [0, 0.05) is 5.92 Å². The molecule has 1 unspecified atom stereocenters. The van der Waals surface area contributed by atoms with Crippen molar-refractivity contribution >= 4 is 16.8 Å². The van der Waals surface area contributed by atoms with Gasteiger partial charge in [-0.1, -0.05) is 31.2 Å². The molecular formula is C11H13ClO. The zero-order valence-electron chi connectivity index (χ0n) is 7.88. The van der Waals surface area contributed by atoms with E-state index in [0.717, 1.165) is 6.42 Å². The highest BCUT2D eigenvalue weighted by Crippen LogP contribution is 2.14. The van der Waals surface area contributed by atoms with Gasteiger partial charge in [-0.2, -0.15) is 0 Å². The second-order valence-electron chi connectivity index (χ2n) is 3.34. The van der Waals surface area contributed by atoms with E-state index in [9.17, 15) is 4.79 Å². The molecule has 0 fully saturated rings. The minimum atomic E-state index is -0.261. The van der Waals surface area contributed by atoms with Crippen LogP contribution in [0.4, 0.5) is 0 Å². The Bertz CT molecular complexity index is 307. The van der Waals surface area contributed by atoms with Crippen LogP contribution in [-0.4, -0.2) is 5.24 Å². The van der Waals surface area contributed by atoms with Crippen LogP contribution in [-0.2, 0) is 11.2 Å². The van der Waals surface area contributed by atoms with Gasteiger partial charge in [-0.05, 0) is 36.1 Å². The number of rotatable bonds is 3. The summed E-state index contributed by atoms with van der Waals surface area (Å²) in [7, 11) is 0. The Hall–Kier alpha value is -0.820. The Labute approximate surface area is 83.7 Å². The zero-order chi connectivity index (χ0) is 9.84. The number of carbonyl (C=O) groups is 1. The van der Waals surface area contributed by atoms with Crippen molar-refractivity contribution in [2.45, 2.75) is 20.3 Å². The molecule has 13 heavy (non-hydrogen) atoms. The van der Waals surface area contributed by atoms with E-state index >= 15 is 0 Å². The summed E-state index contributed by atoms with van der Waals surface area (Å²) in [6.45, 7) is 3.89. The van der Waals surface area contributed by atoms with E-state index in [4.69, 9.17) is 11.6 Å². The predicted octanol–water partition coefficient (Wildman–Crippen LogP) is 2.94. The van der Waals surface area contributed by atoms with Gasteiger partial charge in [0.1, 0.15) is 0 Å². The molecule has 1 aromatic carbocycles. The molecule has 0 radical (unpaired) electrons. The van der Waals surface area contributed by atoms with E-state index in [1.54, 1.807) is 0 Å². The number of aryl methyl sites for hydroxylation is 1. The van der Waals surface area contributed by atoms with Crippen molar-refractivity contribution in [1.82, 2.24) is 0 Å². The summed E-state index contributed by atoms with van der Waals surface area (Å²) in [6, 6.07) is 8.05. The van der Waals surface area contributed by atoms with Crippen LogP contribution in [0.1, 0.15) is 18.1 Å². The summed E-state index contributed by atoms with van der Waals surface area (Å²) >= 11 is 5.39. The van der Waals surface area contributed by atoms with Crippen molar-refractivity contribution in [3.63, 3.8) is 0 Å². The predicted molar refractivity (Wildman–Crippen MR) is 54.9 cm³/mol. The zero-order valence-corrected chi connectivity index (χ0v) is 8.64. The third-order valence-electron chi connectivity index (χ3n) is 2.17. The van der Waals surface area contributed by atoms with Gasteiger partial charge in [-0.3, -0.25) is 4.79 Å². The maximum absolute atomic E-state index is 10.8. The van der Waals surface area contributed by atoms with Crippen molar-refractivity contribution in [3.8, 4) is 0 Å². The number of hydrogen-bond donors (Lipinski definition) is 0. The highest BCUT2D eigenvalue weighted by molar-refractivity contribution is 6.63. The van der Waals surface area contributed by atoms with Crippen LogP contribution < -0.4 is 0 Å². The molecule has 0 aliphatic carbocycles. The first-order valence-corrected chi connectivity index (χ1v) is 4.73. The Balaban J connectivity index is 2.74. The third kappa shape index (κ3) is 2.85. The maximum atomic E-state index is 10.8. The summed E-state index contributed by atoms with van der Waals surface area (Å²) in [5.41, 5.74) is 2.41. The quantitative estimate of drug-likeness (QED) is 0.680. The minimum Gasteiger partial charge on any atom is -0.281 e. The first-order valence-electron chi connectivity index (χ1n) is 4.35. The van der Waals surface area contributed by atoms with Gasteiger partial charge in [0.2, 0.25) is 5.24 Å². The third-order valence-corrected chi connectivity index (χ3v) is 2.55. The Kier molecular flexibility index (Phi) is 3.49. The van der Waals surface area contributed by atoms with Crippen molar-refractivity contribution in [2.75, 3.05) is 0 Å². The summed E-state index contributed by atoms with van der Waals surface area (Å²) in [6.07, 6.45) is 0.731. The smallest absolute Gasteiger partial charge is 0.224 e. The molecular weight excluding hydrogens is 184 g/mol. The SMILES string of the molecule is Cc1ccccc1CC(C)C(=O)Cl. The van der Waals surface area contributed by atoms with Gasteiger partial charge in [0.05, 0.1) is 0 Å². The average molecular weight is 197 g/mol. The molecule has 0 aliphatic heterocycles. The summed E-state index contributed by atoms with van der Waals surface area (Å²) in [5, 5.41) is -0.261. The minimum absolute atomic E-state index is 0.0947. The molecule has 70 valence electrons. The molecule has 1 aromatic rings. The fourth-order valence-corrected chi connectivity index (χ4v) is 1.33. The molecule has 0 bridgehead atoms. The van der Waals surface area contributed by atoms with E-state index in [2.05, 4.69) is 0 Å². The largest absolute Gasteiger partial charge is 0.281 e. The lowest BCUT2D eigenvalue weighted by molar-refractivity contribution is -0.114. The molecule has 0 aliphatic rings. The second-order valence-corrected chi connectivity index (χ2v) is 3.71. The van der Waals surface area contributed by atoms with Crippen LogP contribution in [0.5, 0.6) is 0 Å². The van der Waals surface area contributed by atoms with Crippen LogP contribution in [0.15, 0.2) is 24.3 Å². The van der Waals surface area contributed by atoms with Crippen molar-refractivity contribution in [3.05, 3.63) is 35.4 Å². The number of benzene rings is 1. The highest BCUT2D eigenvalue weighted by atomic mass is 35.5. The van der Waals surface area contributed by atoms with Crippen molar-refractivity contribution < 1.29 is 4.79 Å². The van der Waals surface area contributed by atoms with E-state index < -0.39 is 0 Å². The number of carbonyl (C=O) groups excluding carboxylic acids is 1. The molecule has 0 amide bonds. The van der Waals surface area contributed by atoms with E-state index in [1.165, 1.54) is 11.1 Å². The fraction of sp³-hybridized carbons (Fsp3) is 0.364. The Morgan fingerprint density at radius 1 is 1.46 bits per heavy atom. The first kappa shape index (κ1) is 10.3. The first-order chi connectivity index (χ1) is 6.11. The molecule has 0 aromatic heterocycles. The molecule has 0 heterocycles. The Morgan fingerprint density at radius 3 is 2.62 bits per heavy atom. The lowest BCUT2D eigenvalue weighted by atomic mass is 9.98. The van der Waals surface area contributed by atoms with Gasteiger partial charge in [0.15, 0.2) is 0 Å². The van der Waals surface area contributed by atoms with E-state index in [0.29, 0.717) is 0 Å². The Morgan fingerprint density at radius 2 is 2.08 bits per heavy atom.